The average molecular weight is 494 g/mol. The molecule has 1 aromatic heterocycles. The zero-order valence-electron chi connectivity index (χ0n) is 18.9. The second-order valence-corrected chi connectivity index (χ2v) is 9.96. The van der Waals surface area contributed by atoms with E-state index in [2.05, 4.69) is 82.6 Å². The largest absolute Gasteiger partial charge is 0.338 e. The number of para-hydroxylation sites is 1. The van der Waals surface area contributed by atoms with Gasteiger partial charge in [0.15, 0.2) is 0 Å². The Morgan fingerprint density at radius 1 is 0.600 bits per heavy atom. The second-order valence-electron chi connectivity index (χ2n) is 9.24. The van der Waals surface area contributed by atoms with Crippen molar-refractivity contribution in [1.82, 2.24) is 14.8 Å². The van der Waals surface area contributed by atoms with Gasteiger partial charge >= 0.3 is 0 Å². The molecule has 0 amide bonds. The van der Waals surface area contributed by atoms with Gasteiger partial charge in [0, 0.05) is 11.9 Å². The van der Waals surface area contributed by atoms with Crippen molar-refractivity contribution in [1.29, 1.82) is 0 Å². The standard InChI is InChI=1S/C30H21Cl2N3/c31-29-30(32)35(17-25-13-12-20-4-1-2-7-26(20)33-25)18-34(29)16-19-14-23-10-8-21-5-3-6-22-9-11-24(15-19)28(23)27(21)22/h1-15H,16-18H2. The van der Waals surface area contributed by atoms with E-state index in [1.807, 2.05) is 18.2 Å². The van der Waals surface area contributed by atoms with E-state index in [0.717, 1.165) is 16.6 Å². The van der Waals surface area contributed by atoms with Gasteiger partial charge in [0.2, 0.25) is 0 Å². The van der Waals surface area contributed by atoms with Gasteiger partial charge < -0.3 is 9.80 Å². The quantitative estimate of drug-likeness (QED) is 0.183. The molecule has 1 aliphatic rings. The number of hydrogen-bond acceptors (Lipinski definition) is 3. The number of benzene rings is 5. The Labute approximate surface area is 213 Å². The molecular formula is C30H21Cl2N3. The number of aromatic nitrogens is 1. The minimum atomic E-state index is 0.569. The molecular weight excluding hydrogens is 473 g/mol. The lowest BCUT2D eigenvalue weighted by molar-refractivity contribution is 0.246. The maximum absolute atomic E-state index is 6.71. The van der Waals surface area contributed by atoms with Crippen LogP contribution in [0.15, 0.2) is 101 Å². The van der Waals surface area contributed by atoms with Crippen molar-refractivity contribution in [3.8, 4) is 0 Å². The lowest BCUT2D eigenvalue weighted by Gasteiger charge is -2.23. The topological polar surface area (TPSA) is 19.4 Å². The molecule has 5 aromatic carbocycles. The maximum Gasteiger partial charge on any atom is 0.142 e. The fraction of sp³-hybridized carbons (Fsp3) is 0.100. The van der Waals surface area contributed by atoms with E-state index in [1.165, 1.54) is 37.9 Å². The Bertz CT molecular complexity index is 1710. The Hall–Kier alpha value is -3.53. The van der Waals surface area contributed by atoms with E-state index >= 15 is 0 Å². The highest BCUT2D eigenvalue weighted by atomic mass is 35.5. The summed E-state index contributed by atoms with van der Waals surface area (Å²) in [7, 11) is 0. The molecule has 0 bridgehead atoms. The first-order valence-corrected chi connectivity index (χ1v) is 12.5. The molecule has 170 valence electrons. The third kappa shape index (κ3) is 3.46. The number of rotatable bonds is 4. The number of fused-ring (bicyclic) bond motifs is 1. The zero-order valence-corrected chi connectivity index (χ0v) is 20.4. The van der Waals surface area contributed by atoms with Gasteiger partial charge in [0.1, 0.15) is 10.3 Å². The summed E-state index contributed by atoms with van der Waals surface area (Å²) in [5.41, 5.74) is 3.17. The summed E-state index contributed by atoms with van der Waals surface area (Å²) in [4.78, 5) is 9.00. The highest BCUT2D eigenvalue weighted by molar-refractivity contribution is 6.38. The molecule has 35 heavy (non-hydrogen) atoms. The SMILES string of the molecule is ClC1=C(Cl)N(Cc2ccc3ccccc3n2)CN1Cc1cc2ccc3cccc4ccc(c1)c2c34. The predicted molar refractivity (Wildman–Crippen MR) is 147 cm³/mol. The van der Waals surface area contributed by atoms with Crippen molar-refractivity contribution in [2.45, 2.75) is 13.1 Å². The molecule has 0 aliphatic carbocycles. The van der Waals surface area contributed by atoms with E-state index in [0.29, 0.717) is 30.1 Å². The third-order valence-corrected chi connectivity index (χ3v) is 7.91. The smallest absolute Gasteiger partial charge is 0.142 e. The van der Waals surface area contributed by atoms with Gasteiger partial charge in [-0.25, -0.2) is 0 Å². The third-order valence-electron chi connectivity index (χ3n) is 6.97. The molecule has 0 radical (unpaired) electrons. The van der Waals surface area contributed by atoms with Crippen molar-refractivity contribution in [3.05, 3.63) is 113 Å². The molecule has 0 atom stereocenters. The Morgan fingerprint density at radius 3 is 1.91 bits per heavy atom. The number of hydrogen-bond donors (Lipinski definition) is 0. The monoisotopic (exact) mass is 493 g/mol. The normalized spacial score (nSPS) is 14.5. The van der Waals surface area contributed by atoms with Crippen LogP contribution in [-0.2, 0) is 13.1 Å². The predicted octanol–water partition coefficient (Wildman–Crippen LogP) is 8.01. The molecule has 6 aromatic rings. The van der Waals surface area contributed by atoms with Crippen LogP contribution in [0.2, 0.25) is 0 Å². The van der Waals surface area contributed by atoms with Gasteiger partial charge in [-0.3, -0.25) is 4.98 Å². The van der Waals surface area contributed by atoms with Crippen LogP contribution in [0.25, 0.3) is 43.2 Å². The summed E-state index contributed by atoms with van der Waals surface area (Å²) in [6, 6.07) is 32.2. The fourth-order valence-corrected chi connectivity index (χ4v) is 5.82. The molecule has 3 nitrogen and oxygen atoms in total. The molecule has 0 saturated carbocycles. The summed E-state index contributed by atoms with van der Waals surface area (Å²) >= 11 is 13.4. The zero-order chi connectivity index (χ0) is 23.5. The molecule has 7 rings (SSSR count). The van der Waals surface area contributed by atoms with E-state index in [1.54, 1.807) is 0 Å². The molecule has 0 spiro atoms. The average Bonchev–Trinajstić information content (AvgIpc) is 3.14. The van der Waals surface area contributed by atoms with E-state index in [-0.39, 0.29) is 0 Å². The number of pyridine rings is 1. The van der Waals surface area contributed by atoms with Crippen LogP contribution in [0.3, 0.4) is 0 Å². The summed E-state index contributed by atoms with van der Waals surface area (Å²) in [5, 5.41) is 10.0. The number of halogens is 2. The Morgan fingerprint density at radius 2 is 1.17 bits per heavy atom. The van der Waals surface area contributed by atoms with Crippen molar-refractivity contribution < 1.29 is 0 Å². The van der Waals surface area contributed by atoms with Crippen molar-refractivity contribution >= 4 is 66.4 Å². The molecule has 5 heteroatoms. The van der Waals surface area contributed by atoms with Crippen LogP contribution in [0.5, 0.6) is 0 Å². The van der Waals surface area contributed by atoms with E-state index in [4.69, 9.17) is 28.2 Å². The Balaban J connectivity index is 1.18. The van der Waals surface area contributed by atoms with Gasteiger partial charge in [0.05, 0.1) is 24.4 Å². The van der Waals surface area contributed by atoms with Gasteiger partial charge in [-0.1, -0.05) is 89.9 Å². The van der Waals surface area contributed by atoms with Gasteiger partial charge in [-0.05, 0) is 62.1 Å². The lowest BCUT2D eigenvalue weighted by Crippen LogP contribution is -2.26. The summed E-state index contributed by atoms with van der Waals surface area (Å²) < 4.78 is 0. The molecule has 0 saturated heterocycles. The fourth-order valence-electron chi connectivity index (χ4n) is 5.35. The molecule has 2 heterocycles. The minimum absolute atomic E-state index is 0.569. The lowest BCUT2D eigenvalue weighted by atomic mass is 9.93. The summed E-state index contributed by atoms with van der Waals surface area (Å²) in [6.45, 7) is 1.92. The number of nitrogens with zero attached hydrogens (tertiary/aromatic N) is 3. The van der Waals surface area contributed by atoms with E-state index < -0.39 is 0 Å². The first kappa shape index (κ1) is 20.8. The van der Waals surface area contributed by atoms with E-state index in [9.17, 15) is 0 Å². The van der Waals surface area contributed by atoms with Crippen LogP contribution >= 0.6 is 23.2 Å². The van der Waals surface area contributed by atoms with Crippen molar-refractivity contribution in [2.24, 2.45) is 0 Å². The first-order chi connectivity index (χ1) is 17.1. The summed E-state index contributed by atoms with van der Waals surface area (Å²) in [5.74, 6) is 0. The van der Waals surface area contributed by atoms with Crippen LogP contribution < -0.4 is 0 Å². The van der Waals surface area contributed by atoms with Crippen LogP contribution in [0, 0.1) is 0 Å². The highest BCUT2D eigenvalue weighted by Gasteiger charge is 2.27. The second kappa shape index (κ2) is 8.01. The molecule has 0 unspecified atom stereocenters. The van der Waals surface area contributed by atoms with Gasteiger partial charge in [-0.2, -0.15) is 0 Å². The maximum atomic E-state index is 6.71. The van der Waals surface area contributed by atoms with Crippen LogP contribution in [0.4, 0.5) is 0 Å². The van der Waals surface area contributed by atoms with Crippen molar-refractivity contribution in [2.75, 3.05) is 6.67 Å². The van der Waals surface area contributed by atoms with Crippen molar-refractivity contribution in [3.63, 3.8) is 0 Å². The molecule has 1 aliphatic heterocycles. The molecule has 0 N–H and O–H groups in total. The van der Waals surface area contributed by atoms with Crippen LogP contribution in [0.1, 0.15) is 11.3 Å². The van der Waals surface area contributed by atoms with Gasteiger partial charge in [0.25, 0.3) is 0 Å². The van der Waals surface area contributed by atoms with Gasteiger partial charge in [-0.15, -0.1) is 0 Å². The molecule has 0 fully saturated rings. The Kier molecular flexibility index (Phi) is 4.76. The minimum Gasteiger partial charge on any atom is -0.338 e. The van der Waals surface area contributed by atoms with Crippen LogP contribution in [-0.4, -0.2) is 21.5 Å². The summed E-state index contributed by atoms with van der Waals surface area (Å²) in [6.07, 6.45) is 0. The first-order valence-electron chi connectivity index (χ1n) is 11.7. The highest BCUT2D eigenvalue weighted by Crippen LogP contribution is 2.37.